The van der Waals surface area contributed by atoms with E-state index in [4.69, 9.17) is 9.47 Å². The summed E-state index contributed by atoms with van der Waals surface area (Å²) >= 11 is 0. The van der Waals surface area contributed by atoms with Gasteiger partial charge in [-0.1, -0.05) is 24.3 Å². The van der Waals surface area contributed by atoms with E-state index >= 15 is 4.39 Å². The Morgan fingerprint density at radius 2 is 1.87 bits per heavy atom. The van der Waals surface area contributed by atoms with Gasteiger partial charge in [0.25, 0.3) is 6.02 Å². The molecular formula is C27H25F5N4O2. The Balaban J connectivity index is 1.42. The zero-order valence-corrected chi connectivity index (χ0v) is 20.4. The summed E-state index contributed by atoms with van der Waals surface area (Å²) in [6.45, 7) is 0.585. The van der Waals surface area contributed by atoms with Crippen LogP contribution in [0.5, 0.6) is 0 Å². The van der Waals surface area contributed by atoms with E-state index in [1.54, 1.807) is 24.3 Å². The Morgan fingerprint density at radius 3 is 2.63 bits per heavy atom. The van der Waals surface area contributed by atoms with Gasteiger partial charge in [-0.3, -0.25) is 9.88 Å². The highest BCUT2D eigenvalue weighted by molar-refractivity contribution is 5.94. The van der Waals surface area contributed by atoms with Crippen molar-refractivity contribution in [1.29, 1.82) is 0 Å². The molecule has 0 spiro atoms. The number of rotatable bonds is 4. The predicted molar refractivity (Wildman–Crippen MR) is 131 cm³/mol. The predicted octanol–water partition coefficient (Wildman–Crippen LogP) is 4.05. The number of fused-ring (bicyclic) bond motifs is 3. The van der Waals surface area contributed by atoms with E-state index in [-0.39, 0.29) is 46.4 Å². The number of amidine groups is 1. The van der Waals surface area contributed by atoms with Crippen molar-refractivity contribution in [3.8, 4) is 0 Å². The summed E-state index contributed by atoms with van der Waals surface area (Å²) in [6.07, 6.45) is 4.27. The van der Waals surface area contributed by atoms with Crippen LogP contribution in [0.4, 0.5) is 27.6 Å². The number of pyridine rings is 1. The van der Waals surface area contributed by atoms with E-state index in [9.17, 15) is 17.6 Å². The molecule has 0 saturated carbocycles. The number of allylic oxidation sites excluding steroid dienone is 1. The summed E-state index contributed by atoms with van der Waals surface area (Å²) in [4.78, 5) is 10.6. The summed E-state index contributed by atoms with van der Waals surface area (Å²) in [5.41, 5.74) is 0.814. The lowest BCUT2D eigenvalue weighted by Gasteiger charge is -2.32. The van der Waals surface area contributed by atoms with Crippen LogP contribution in [0, 0.1) is 11.6 Å². The van der Waals surface area contributed by atoms with E-state index in [0.717, 1.165) is 38.8 Å². The van der Waals surface area contributed by atoms with E-state index < -0.39 is 30.3 Å². The molecule has 2 saturated heterocycles. The SMILES string of the molecule is Fc1cccc2c1C(=c1ncc3c(c1F)NC(OCC14CCCN1CCC4)=NC=3OCC(F)(F)F)CC=C2. The summed E-state index contributed by atoms with van der Waals surface area (Å²) < 4.78 is 80.7. The average Bonchev–Trinajstić information content (AvgIpc) is 3.47. The summed E-state index contributed by atoms with van der Waals surface area (Å²) in [7, 11) is 0. The normalized spacial score (nSPS) is 21.4. The number of hydrogen-bond acceptors (Lipinski definition) is 6. The van der Waals surface area contributed by atoms with Crippen molar-refractivity contribution < 1.29 is 31.4 Å². The summed E-state index contributed by atoms with van der Waals surface area (Å²) in [6, 6.07) is 4.41. The minimum atomic E-state index is -4.63. The largest absolute Gasteiger partial charge is 0.467 e. The topological polar surface area (TPSA) is 59.0 Å². The summed E-state index contributed by atoms with van der Waals surface area (Å²) in [5, 5.41) is 2.61. The number of benzene rings is 1. The Hall–Kier alpha value is -3.47. The third kappa shape index (κ3) is 4.42. The van der Waals surface area contributed by atoms with Crippen molar-refractivity contribution in [3.63, 3.8) is 0 Å². The highest BCUT2D eigenvalue weighted by atomic mass is 19.4. The van der Waals surface area contributed by atoms with Crippen molar-refractivity contribution in [2.24, 2.45) is 4.99 Å². The zero-order valence-electron chi connectivity index (χ0n) is 20.4. The van der Waals surface area contributed by atoms with Crippen LogP contribution in [0.25, 0.3) is 17.5 Å². The fourth-order valence-corrected chi connectivity index (χ4v) is 5.88. The van der Waals surface area contributed by atoms with Crippen molar-refractivity contribution in [1.82, 2.24) is 9.88 Å². The standard InChI is InChI=1S/C27H25F5N4O2/c28-19-8-2-6-16-5-1-7-17(20(16)19)22-21(29)23-18(13-33-22)24(37-15-27(30,31)32)35-25(34-23)38-14-26-9-3-11-36(26)12-4-10-26/h1-2,5-6,8,13H,3-4,7,9-12,14-15H2,(H,34,35). The molecule has 2 fully saturated rings. The van der Waals surface area contributed by atoms with Crippen LogP contribution in [0.1, 0.15) is 43.2 Å². The Morgan fingerprint density at radius 1 is 1.08 bits per heavy atom. The first-order valence-corrected chi connectivity index (χ1v) is 12.5. The Labute approximate surface area is 215 Å². The molecule has 0 bridgehead atoms. The van der Waals surface area contributed by atoms with E-state index in [1.807, 2.05) is 0 Å². The number of halogens is 5. The van der Waals surface area contributed by atoms with Gasteiger partial charge in [0.05, 0.1) is 16.4 Å². The number of nitrogens with one attached hydrogen (secondary N) is 1. The molecule has 0 amide bonds. The van der Waals surface area contributed by atoms with E-state index in [2.05, 4.69) is 20.2 Å². The van der Waals surface area contributed by atoms with Gasteiger partial charge in [-0.05, 0) is 62.4 Å². The fraction of sp³-hybridized carbons (Fsp3) is 0.407. The number of nitrogens with zero attached hydrogens (tertiary/aromatic N) is 3. The number of alkyl halides is 3. The maximum absolute atomic E-state index is 16.0. The van der Waals surface area contributed by atoms with Gasteiger partial charge >= 0.3 is 6.18 Å². The first-order valence-electron chi connectivity index (χ1n) is 12.5. The third-order valence-corrected chi connectivity index (χ3v) is 7.60. The molecule has 1 aromatic carbocycles. The van der Waals surface area contributed by atoms with Gasteiger partial charge in [-0.25, -0.2) is 8.78 Å². The smallest absolute Gasteiger partial charge is 0.422 e. The van der Waals surface area contributed by atoms with Gasteiger partial charge in [-0.15, -0.1) is 0 Å². The molecule has 2 aromatic rings. The number of aliphatic imine (C=N–C) groups is 1. The molecule has 38 heavy (non-hydrogen) atoms. The lowest BCUT2D eigenvalue weighted by atomic mass is 9.91. The highest BCUT2D eigenvalue weighted by Gasteiger charge is 2.45. The van der Waals surface area contributed by atoms with Crippen molar-refractivity contribution in [2.45, 2.75) is 43.8 Å². The van der Waals surface area contributed by atoms with Crippen LogP contribution in [-0.4, -0.2) is 53.9 Å². The third-order valence-electron chi connectivity index (χ3n) is 7.60. The number of aromatic nitrogens is 1. The lowest BCUT2D eigenvalue weighted by molar-refractivity contribution is -0.159. The van der Waals surface area contributed by atoms with Crippen LogP contribution in [0.2, 0.25) is 0 Å². The van der Waals surface area contributed by atoms with E-state index in [0.29, 0.717) is 11.1 Å². The molecule has 0 unspecified atom stereocenters. The number of anilines is 1. The second-order valence-corrected chi connectivity index (χ2v) is 9.96. The van der Waals surface area contributed by atoms with Crippen LogP contribution >= 0.6 is 0 Å². The molecule has 11 heteroatoms. The lowest BCUT2D eigenvalue weighted by Crippen LogP contribution is -2.44. The summed E-state index contributed by atoms with van der Waals surface area (Å²) in [5.74, 6) is -1.82. The number of hydrogen-bond donors (Lipinski definition) is 1. The quantitative estimate of drug-likeness (QED) is 0.603. The van der Waals surface area contributed by atoms with Crippen LogP contribution in [0.3, 0.4) is 0 Å². The van der Waals surface area contributed by atoms with Gasteiger partial charge in [-0.2, -0.15) is 18.2 Å². The van der Waals surface area contributed by atoms with Crippen LogP contribution in [0.15, 0.2) is 35.5 Å². The molecule has 6 rings (SSSR count). The zero-order chi connectivity index (χ0) is 26.5. The fourth-order valence-electron chi connectivity index (χ4n) is 5.88. The van der Waals surface area contributed by atoms with Crippen LogP contribution in [-0.2, 0) is 9.47 Å². The Kier molecular flexibility index (Phi) is 6.13. The van der Waals surface area contributed by atoms with Gasteiger partial charge in [0.2, 0.25) is 5.88 Å². The second kappa shape index (κ2) is 9.37. The highest BCUT2D eigenvalue weighted by Crippen LogP contribution is 2.39. The molecule has 1 aromatic heterocycles. The first kappa shape index (κ1) is 24.8. The molecule has 0 radical (unpaired) electrons. The van der Waals surface area contributed by atoms with Gasteiger partial charge in [0, 0.05) is 11.8 Å². The van der Waals surface area contributed by atoms with Crippen molar-refractivity contribution >= 4 is 29.2 Å². The van der Waals surface area contributed by atoms with Crippen molar-refractivity contribution in [3.05, 3.63) is 63.8 Å². The molecule has 200 valence electrons. The molecule has 1 aliphatic carbocycles. The molecule has 4 heterocycles. The maximum atomic E-state index is 16.0. The molecule has 0 atom stereocenters. The maximum Gasteiger partial charge on any atom is 0.422 e. The first-order chi connectivity index (χ1) is 18.2. The van der Waals surface area contributed by atoms with Crippen LogP contribution < -0.4 is 15.9 Å². The van der Waals surface area contributed by atoms with Crippen molar-refractivity contribution in [2.75, 3.05) is 31.6 Å². The van der Waals surface area contributed by atoms with Gasteiger partial charge < -0.3 is 14.8 Å². The number of ether oxygens (including phenoxy) is 2. The minimum Gasteiger partial charge on any atom is -0.467 e. The van der Waals surface area contributed by atoms with E-state index in [1.165, 1.54) is 12.3 Å². The minimum absolute atomic E-state index is 0.0786. The average molecular weight is 533 g/mol. The molecule has 3 aliphatic heterocycles. The monoisotopic (exact) mass is 532 g/mol. The van der Waals surface area contributed by atoms with Gasteiger partial charge in [0.15, 0.2) is 12.4 Å². The Bertz CT molecular complexity index is 1460. The molecule has 1 N–H and O–H groups in total. The second-order valence-electron chi connectivity index (χ2n) is 9.96. The molecular weight excluding hydrogens is 507 g/mol. The molecule has 6 nitrogen and oxygen atoms in total. The van der Waals surface area contributed by atoms with Gasteiger partial charge in [0.1, 0.15) is 17.8 Å². The molecule has 4 aliphatic rings.